The van der Waals surface area contributed by atoms with Crippen molar-refractivity contribution in [3.8, 4) is 0 Å². The van der Waals surface area contributed by atoms with E-state index in [-0.39, 0.29) is 12.8 Å². The maximum Gasteiger partial charge on any atom is 0.326 e. The zero-order chi connectivity index (χ0) is 25.4. The topological polar surface area (TPSA) is 133 Å². The number of rotatable bonds is 11. The summed E-state index contributed by atoms with van der Waals surface area (Å²) in [6.45, 7) is 0. The van der Waals surface area contributed by atoms with Gasteiger partial charge in [0, 0.05) is 17.7 Å². The van der Waals surface area contributed by atoms with Gasteiger partial charge >= 0.3 is 11.9 Å². The fourth-order valence-electron chi connectivity index (χ4n) is 3.69. The molecule has 0 saturated carbocycles. The number of aliphatic carboxylic acids is 2. The van der Waals surface area contributed by atoms with Gasteiger partial charge in [-0.1, -0.05) is 60.7 Å². The van der Waals surface area contributed by atoms with Crippen LogP contribution in [0.4, 0.5) is 0 Å². The highest BCUT2D eigenvalue weighted by atomic mass is 32.1. The Labute approximate surface area is 207 Å². The lowest BCUT2D eigenvalue weighted by Crippen LogP contribution is -2.53. The summed E-state index contributed by atoms with van der Waals surface area (Å²) in [6.07, 6.45) is -0.311. The zero-order valence-corrected chi connectivity index (χ0v) is 19.7. The monoisotopic (exact) mass is 494 g/mol. The van der Waals surface area contributed by atoms with E-state index in [1.54, 1.807) is 12.1 Å². The van der Waals surface area contributed by atoms with Crippen molar-refractivity contribution in [2.24, 2.45) is 0 Å². The Bertz CT molecular complexity index is 1250. The van der Waals surface area contributed by atoms with Crippen LogP contribution in [-0.2, 0) is 32.0 Å². The number of fused-ring (bicyclic) bond motifs is 1. The number of hydrogen-bond donors (Lipinski definition) is 5. The van der Waals surface area contributed by atoms with E-state index < -0.39 is 42.3 Å². The summed E-state index contributed by atoms with van der Waals surface area (Å²) >= 11 is 4.34. The lowest BCUT2D eigenvalue weighted by Gasteiger charge is -2.21. The smallest absolute Gasteiger partial charge is 0.326 e. The van der Waals surface area contributed by atoms with Crippen LogP contribution in [0, 0.1) is 0 Å². The van der Waals surface area contributed by atoms with Gasteiger partial charge in [0.05, 0.1) is 6.42 Å². The van der Waals surface area contributed by atoms with Gasteiger partial charge in [0.2, 0.25) is 11.8 Å². The van der Waals surface area contributed by atoms with Crippen molar-refractivity contribution in [3.63, 3.8) is 0 Å². The number of thiol groups is 1. The predicted octanol–water partition coefficient (Wildman–Crippen LogP) is 2.83. The molecule has 2 unspecified atom stereocenters. The SMILES string of the molecule is O=C(O)CC(NC(=O)CCc1ccccc1S)C(=O)NC(Cc1ccc2ccccc2c1)C(=O)O. The van der Waals surface area contributed by atoms with Crippen molar-refractivity contribution in [2.75, 3.05) is 0 Å². The molecule has 0 aliphatic rings. The zero-order valence-electron chi connectivity index (χ0n) is 18.8. The number of amides is 2. The summed E-state index contributed by atoms with van der Waals surface area (Å²) in [6, 6.07) is 17.6. The summed E-state index contributed by atoms with van der Waals surface area (Å²) in [5, 5.41) is 25.6. The van der Waals surface area contributed by atoms with Crippen molar-refractivity contribution >= 4 is 47.2 Å². The summed E-state index contributed by atoms with van der Waals surface area (Å²) in [5.41, 5.74) is 1.53. The van der Waals surface area contributed by atoms with Crippen molar-refractivity contribution < 1.29 is 29.4 Å². The summed E-state index contributed by atoms with van der Waals surface area (Å²) < 4.78 is 0. The molecular weight excluding hydrogens is 468 g/mol. The van der Waals surface area contributed by atoms with E-state index in [1.807, 2.05) is 54.6 Å². The highest BCUT2D eigenvalue weighted by Gasteiger charge is 2.28. The molecule has 35 heavy (non-hydrogen) atoms. The fourth-order valence-corrected chi connectivity index (χ4v) is 3.97. The molecule has 8 nitrogen and oxygen atoms in total. The number of nitrogens with one attached hydrogen (secondary N) is 2. The number of carboxylic acid groups (broad SMARTS) is 2. The van der Waals surface area contributed by atoms with Crippen LogP contribution in [0.1, 0.15) is 24.0 Å². The first kappa shape index (κ1) is 25.8. The predicted molar refractivity (Wildman–Crippen MR) is 133 cm³/mol. The van der Waals surface area contributed by atoms with Crippen molar-refractivity contribution in [2.45, 2.75) is 42.7 Å². The molecule has 0 heterocycles. The average molecular weight is 495 g/mol. The van der Waals surface area contributed by atoms with E-state index in [1.165, 1.54) is 0 Å². The molecule has 4 N–H and O–H groups in total. The van der Waals surface area contributed by atoms with Gasteiger partial charge < -0.3 is 20.8 Å². The third kappa shape index (κ3) is 7.58. The van der Waals surface area contributed by atoms with Gasteiger partial charge in [0.1, 0.15) is 12.1 Å². The van der Waals surface area contributed by atoms with Gasteiger partial charge in [-0.05, 0) is 34.4 Å². The number of carbonyl (C=O) groups excluding carboxylic acids is 2. The second-order valence-corrected chi connectivity index (χ2v) is 8.61. The standard InChI is InChI=1S/C26H26N2O6S/c29-23(12-11-18-6-3-4-8-22(18)35)27-20(15-24(30)31)25(32)28-21(26(33)34)14-16-9-10-17-5-1-2-7-19(17)13-16/h1-10,13,20-21,35H,11-12,14-15H2,(H,27,29)(H,28,32)(H,30,31)(H,33,34). The van der Waals surface area contributed by atoms with Crippen LogP contribution in [0.25, 0.3) is 10.8 Å². The third-order valence-corrected chi connectivity index (χ3v) is 5.95. The lowest BCUT2D eigenvalue weighted by atomic mass is 10.0. The minimum absolute atomic E-state index is 0.00161. The minimum Gasteiger partial charge on any atom is -0.481 e. The van der Waals surface area contributed by atoms with Crippen molar-refractivity contribution in [1.29, 1.82) is 0 Å². The number of aryl methyl sites for hydroxylation is 1. The normalized spacial score (nSPS) is 12.5. The number of hydrogen-bond acceptors (Lipinski definition) is 5. The van der Waals surface area contributed by atoms with E-state index in [2.05, 4.69) is 23.3 Å². The average Bonchev–Trinajstić information content (AvgIpc) is 2.82. The van der Waals surface area contributed by atoms with Crippen LogP contribution in [0.5, 0.6) is 0 Å². The van der Waals surface area contributed by atoms with Crippen LogP contribution in [0.15, 0.2) is 71.6 Å². The molecule has 0 fully saturated rings. The molecule has 3 aromatic rings. The Morgan fingerprint density at radius 1 is 0.829 bits per heavy atom. The number of benzene rings is 3. The molecule has 0 bridgehead atoms. The lowest BCUT2D eigenvalue weighted by molar-refractivity contribution is -0.143. The Balaban J connectivity index is 1.66. The van der Waals surface area contributed by atoms with Crippen molar-refractivity contribution in [1.82, 2.24) is 10.6 Å². The van der Waals surface area contributed by atoms with Gasteiger partial charge in [-0.25, -0.2) is 4.79 Å². The first-order valence-corrected chi connectivity index (χ1v) is 11.5. The molecule has 9 heteroatoms. The molecule has 2 atom stereocenters. The van der Waals surface area contributed by atoms with Gasteiger partial charge in [0.25, 0.3) is 0 Å². The molecule has 3 rings (SSSR count). The Hall–Kier alpha value is -3.85. The first-order valence-electron chi connectivity index (χ1n) is 11.0. The Morgan fingerprint density at radius 3 is 2.20 bits per heavy atom. The van der Waals surface area contributed by atoms with Gasteiger partial charge in [-0.3, -0.25) is 14.4 Å². The molecule has 0 aliphatic carbocycles. The van der Waals surface area contributed by atoms with Crippen LogP contribution < -0.4 is 10.6 Å². The van der Waals surface area contributed by atoms with Gasteiger partial charge in [0.15, 0.2) is 0 Å². The van der Waals surface area contributed by atoms with Crippen molar-refractivity contribution in [3.05, 3.63) is 77.9 Å². The minimum atomic E-state index is -1.41. The van der Waals surface area contributed by atoms with E-state index >= 15 is 0 Å². The molecule has 0 spiro atoms. The molecular formula is C26H26N2O6S. The molecule has 182 valence electrons. The molecule has 2 amide bonds. The van der Waals surface area contributed by atoms with E-state index in [0.29, 0.717) is 12.0 Å². The van der Waals surface area contributed by atoms with E-state index in [9.17, 15) is 29.4 Å². The molecule has 0 aliphatic heterocycles. The molecule has 0 aromatic heterocycles. The highest BCUT2D eigenvalue weighted by Crippen LogP contribution is 2.17. The summed E-state index contributed by atoms with van der Waals surface area (Å²) in [4.78, 5) is 49.1. The third-order valence-electron chi connectivity index (χ3n) is 5.51. The Morgan fingerprint density at radius 2 is 1.51 bits per heavy atom. The highest BCUT2D eigenvalue weighted by molar-refractivity contribution is 7.80. The molecule has 0 saturated heterocycles. The molecule has 0 radical (unpaired) electrons. The summed E-state index contributed by atoms with van der Waals surface area (Å²) in [7, 11) is 0. The molecule has 3 aromatic carbocycles. The largest absolute Gasteiger partial charge is 0.481 e. The number of carbonyl (C=O) groups is 4. The second-order valence-electron chi connectivity index (χ2n) is 8.13. The summed E-state index contributed by atoms with van der Waals surface area (Å²) in [5.74, 6) is -3.96. The number of carboxylic acids is 2. The second kappa shape index (κ2) is 12.0. The first-order chi connectivity index (χ1) is 16.7. The fraction of sp³-hybridized carbons (Fsp3) is 0.231. The van der Waals surface area contributed by atoms with E-state index in [0.717, 1.165) is 21.2 Å². The maximum atomic E-state index is 12.8. The van der Waals surface area contributed by atoms with Gasteiger partial charge in [-0.2, -0.15) is 0 Å². The van der Waals surface area contributed by atoms with E-state index in [4.69, 9.17) is 0 Å². The quantitative estimate of drug-likeness (QED) is 0.260. The maximum absolute atomic E-state index is 12.8. The Kier molecular flexibility index (Phi) is 8.86. The van der Waals surface area contributed by atoms with Crippen LogP contribution in [0.3, 0.4) is 0 Å². The van der Waals surface area contributed by atoms with Crippen LogP contribution in [0.2, 0.25) is 0 Å². The van der Waals surface area contributed by atoms with Crippen LogP contribution >= 0.6 is 12.6 Å². The van der Waals surface area contributed by atoms with Crippen LogP contribution in [-0.4, -0.2) is 46.0 Å². The van der Waals surface area contributed by atoms with Gasteiger partial charge in [-0.15, -0.1) is 12.6 Å².